The third-order valence-electron chi connectivity index (χ3n) is 10.8. The van der Waals surface area contributed by atoms with Crippen molar-refractivity contribution >= 4 is 5.97 Å². The lowest BCUT2D eigenvalue weighted by Crippen LogP contribution is -2.51. The fourth-order valence-corrected chi connectivity index (χ4v) is 9.02. The third kappa shape index (κ3) is 5.31. The predicted molar refractivity (Wildman–Crippen MR) is 147 cm³/mol. The van der Waals surface area contributed by atoms with Gasteiger partial charge in [-0.2, -0.15) is 0 Å². The number of ether oxygens (including phenoxy) is 1. The first kappa shape index (κ1) is 29.4. The summed E-state index contributed by atoms with van der Waals surface area (Å²) in [6, 6.07) is 0. The van der Waals surface area contributed by atoms with Crippen LogP contribution in [0.4, 0.5) is 0 Å². The molecule has 0 saturated heterocycles. The Morgan fingerprint density at radius 2 is 1.76 bits per heavy atom. The molecule has 0 aliphatic heterocycles. The van der Waals surface area contributed by atoms with Crippen molar-refractivity contribution in [1.29, 1.82) is 0 Å². The second-order valence-corrected chi connectivity index (χ2v) is 13.0. The van der Waals surface area contributed by atoms with Crippen molar-refractivity contribution in [2.45, 2.75) is 140 Å². The van der Waals surface area contributed by atoms with Crippen molar-refractivity contribution in [3.63, 3.8) is 0 Å². The largest absolute Gasteiger partial charge is 0.462 e. The SMILES string of the molecule is C.C.CCC(=O)OC1CCC2(C)C(=CCC3C2CCC2(C)C(C(C)CCCC(C)C)CCC32)C1. The average molecular weight is 475 g/mol. The summed E-state index contributed by atoms with van der Waals surface area (Å²) in [4.78, 5) is 11.9. The van der Waals surface area contributed by atoms with E-state index < -0.39 is 0 Å². The number of rotatable bonds is 7. The van der Waals surface area contributed by atoms with Crippen molar-refractivity contribution < 1.29 is 9.53 Å². The van der Waals surface area contributed by atoms with Crippen molar-refractivity contribution in [2.24, 2.45) is 46.3 Å². The Bertz CT molecular complexity index is 708. The Morgan fingerprint density at radius 1 is 1.03 bits per heavy atom. The first-order valence-corrected chi connectivity index (χ1v) is 14.1. The minimum atomic E-state index is -0.0270. The van der Waals surface area contributed by atoms with Gasteiger partial charge in [-0.25, -0.2) is 0 Å². The van der Waals surface area contributed by atoms with E-state index in [2.05, 4.69) is 40.7 Å². The molecule has 3 saturated carbocycles. The smallest absolute Gasteiger partial charge is 0.305 e. The molecule has 0 heterocycles. The van der Waals surface area contributed by atoms with Gasteiger partial charge in [-0.15, -0.1) is 0 Å². The van der Waals surface area contributed by atoms with Gasteiger partial charge < -0.3 is 4.74 Å². The van der Waals surface area contributed by atoms with Crippen molar-refractivity contribution in [3.05, 3.63) is 11.6 Å². The summed E-state index contributed by atoms with van der Waals surface area (Å²) in [5.41, 5.74) is 2.54. The highest BCUT2D eigenvalue weighted by Crippen LogP contribution is 2.67. The van der Waals surface area contributed by atoms with Gasteiger partial charge in [0.25, 0.3) is 0 Å². The van der Waals surface area contributed by atoms with Gasteiger partial charge >= 0.3 is 5.97 Å². The van der Waals surface area contributed by atoms with E-state index in [1.54, 1.807) is 5.57 Å². The number of carbonyl (C=O) groups excluding carboxylic acids is 1. The first-order chi connectivity index (χ1) is 15.2. The Labute approximate surface area is 213 Å². The quantitative estimate of drug-likeness (QED) is 0.271. The highest BCUT2D eigenvalue weighted by Gasteiger charge is 2.59. The normalized spacial score (nSPS) is 39.5. The maximum Gasteiger partial charge on any atom is 0.305 e. The van der Waals surface area contributed by atoms with Gasteiger partial charge in [0.15, 0.2) is 0 Å². The summed E-state index contributed by atoms with van der Waals surface area (Å²) in [5, 5.41) is 0. The summed E-state index contributed by atoms with van der Waals surface area (Å²) in [6.07, 6.45) is 17.8. The molecule has 8 atom stereocenters. The molecule has 0 aromatic heterocycles. The third-order valence-corrected chi connectivity index (χ3v) is 10.8. The van der Waals surface area contributed by atoms with Gasteiger partial charge in [-0.05, 0) is 91.3 Å². The molecule has 8 unspecified atom stereocenters. The monoisotopic (exact) mass is 474 g/mol. The molecule has 2 nitrogen and oxygen atoms in total. The molecule has 0 N–H and O–H groups in total. The molecule has 4 rings (SSSR count). The molecule has 4 aliphatic rings. The minimum Gasteiger partial charge on any atom is -0.462 e. The number of hydrogen-bond donors (Lipinski definition) is 0. The van der Waals surface area contributed by atoms with Crippen LogP contribution in [0.15, 0.2) is 11.6 Å². The number of allylic oxidation sites excluding steroid dienone is 1. The molecular weight excluding hydrogens is 416 g/mol. The van der Waals surface area contributed by atoms with Crippen LogP contribution >= 0.6 is 0 Å². The van der Waals surface area contributed by atoms with Crippen LogP contribution in [0, 0.1) is 46.3 Å². The molecule has 3 fully saturated rings. The zero-order valence-corrected chi connectivity index (χ0v) is 21.9. The topological polar surface area (TPSA) is 26.3 Å². The van der Waals surface area contributed by atoms with E-state index in [0.717, 1.165) is 48.3 Å². The molecular formula is C32H58O2. The zero-order chi connectivity index (χ0) is 23.1. The van der Waals surface area contributed by atoms with Crippen LogP contribution in [-0.4, -0.2) is 12.1 Å². The fraction of sp³-hybridized carbons (Fsp3) is 0.906. The van der Waals surface area contributed by atoms with Crippen LogP contribution in [0.25, 0.3) is 0 Å². The number of carbonyl (C=O) groups is 1. The van der Waals surface area contributed by atoms with Crippen LogP contribution in [-0.2, 0) is 9.53 Å². The Hall–Kier alpha value is -0.790. The molecule has 0 aromatic carbocycles. The summed E-state index contributed by atoms with van der Waals surface area (Å²) in [6.45, 7) is 14.5. The maximum atomic E-state index is 11.9. The molecule has 0 amide bonds. The summed E-state index contributed by atoms with van der Waals surface area (Å²) >= 11 is 0. The zero-order valence-electron chi connectivity index (χ0n) is 21.9. The highest BCUT2D eigenvalue weighted by atomic mass is 16.5. The van der Waals surface area contributed by atoms with Crippen LogP contribution in [0.2, 0.25) is 0 Å². The van der Waals surface area contributed by atoms with E-state index in [1.165, 1.54) is 57.8 Å². The minimum absolute atomic E-state index is 0. The van der Waals surface area contributed by atoms with E-state index in [0.29, 0.717) is 17.3 Å². The van der Waals surface area contributed by atoms with Crippen molar-refractivity contribution in [2.75, 3.05) is 0 Å². The highest BCUT2D eigenvalue weighted by molar-refractivity contribution is 5.69. The predicted octanol–water partition coefficient (Wildman–Crippen LogP) is 9.62. The van der Waals surface area contributed by atoms with Crippen LogP contribution in [0.3, 0.4) is 0 Å². The molecule has 0 aromatic rings. The van der Waals surface area contributed by atoms with Gasteiger partial charge in [-0.1, -0.05) is 87.3 Å². The van der Waals surface area contributed by atoms with Gasteiger partial charge in [0, 0.05) is 12.8 Å². The Morgan fingerprint density at radius 3 is 2.44 bits per heavy atom. The molecule has 4 aliphatic carbocycles. The number of fused-ring (bicyclic) bond motifs is 5. The average Bonchev–Trinajstić information content (AvgIpc) is 3.11. The van der Waals surface area contributed by atoms with Gasteiger partial charge in [0.2, 0.25) is 0 Å². The van der Waals surface area contributed by atoms with Crippen LogP contribution in [0.1, 0.15) is 133 Å². The number of hydrogen-bond acceptors (Lipinski definition) is 2. The first-order valence-electron chi connectivity index (χ1n) is 14.1. The molecule has 0 radical (unpaired) electrons. The second-order valence-electron chi connectivity index (χ2n) is 13.0. The Balaban J connectivity index is 0.00000204. The second kappa shape index (κ2) is 11.5. The van der Waals surface area contributed by atoms with Crippen LogP contribution < -0.4 is 0 Å². The molecule has 198 valence electrons. The lowest BCUT2D eigenvalue weighted by molar-refractivity contribution is -0.151. The summed E-state index contributed by atoms with van der Waals surface area (Å²) < 4.78 is 5.76. The molecule has 2 heteroatoms. The lowest BCUT2D eigenvalue weighted by Gasteiger charge is -2.58. The van der Waals surface area contributed by atoms with E-state index in [-0.39, 0.29) is 26.9 Å². The van der Waals surface area contributed by atoms with E-state index in [4.69, 9.17) is 4.74 Å². The van der Waals surface area contributed by atoms with Gasteiger partial charge in [0.05, 0.1) is 0 Å². The van der Waals surface area contributed by atoms with Gasteiger partial charge in [0.1, 0.15) is 6.10 Å². The standard InChI is InChI=1S/C30H50O2.2CH4/c1-7-28(31)32-23-15-17-29(5)22(19-23)11-12-24-26-14-13-25(21(4)10-8-9-20(2)3)30(26,6)18-16-27(24)29;;/h11,20-21,23-27H,7-10,12-19H2,1-6H3;2*1H4. The summed E-state index contributed by atoms with van der Waals surface area (Å²) in [5.74, 6) is 5.28. The fourth-order valence-electron chi connectivity index (χ4n) is 9.02. The van der Waals surface area contributed by atoms with Gasteiger partial charge in [-0.3, -0.25) is 4.79 Å². The van der Waals surface area contributed by atoms with Crippen molar-refractivity contribution in [3.8, 4) is 0 Å². The van der Waals surface area contributed by atoms with E-state index in [9.17, 15) is 4.79 Å². The molecule has 0 spiro atoms. The molecule has 0 bridgehead atoms. The summed E-state index contributed by atoms with van der Waals surface area (Å²) in [7, 11) is 0. The Kier molecular flexibility index (Phi) is 9.97. The van der Waals surface area contributed by atoms with Crippen LogP contribution in [0.5, 0.6) is 0 Å². The van der Waals surface area contributed by atoms with E-state index in [1.807, 2.05) is 6.92 Å². The van der Waals surface area contributed by atoms with Crippen molar-refractivity contribution in [1.82, 2.24) is 0 Å². The molecule has 34 heavy (non-hydrogen) atoms. The number of esters is 1. The maximum absolute atomic E-state index is 11.9. The van der Waals surface area contributed by atoms with E-state index >= 15 is 0 Å². The lowest BCUT2D eigenvalue weighted by atomic mass is 9.47.